The van der Waals surface area contributed by atoms with Crippen LogP contribution in [0.1, 0.15) is 26.1 Å². The Balaban J connectivity index is 1.67. The molecule has 10 heteroatoms. The summed E-state index contributed by atoms with van der Waals surface area (Å²) in [5, 5.41) is 3.52. The van der Waals surface area contributed by atoms with Gasteiger partial charge in [-0.3, -0.25) is 4.57 Å². The molecule has 0 amide bonds. The molecule has 3 aromatic rings. The average molecular weight is 444 g/mol. The topological polar surface area (TPSA) is 71.3 Å². The van der Waals surface area contributed by atoms with Crippen LogP contribution in [0.25, 0.3) is 16.9 Å². The largest absolute Gasteiger partial charge is 0.378 e. The summed E-state index contributed by atoms with van der Waals surface area (Å²) in [4.78, 5) is 18.0. The maximum absolute atomic E-state index is 14.0. The van der Waals surface area contributed by atoms with Gasteiger partial charge in [-0.2, -0.15) is 9.97 Å². The van der Waals surface area contributed by atoms with Gasteiger partial charge in [0.25, 0.3) is 6.43 Å². The minimum Gasteiger partial charge on any atom is -0.378 e. The molecule has 0 saturated carbocycles. The molecule has 2 aromatic heterocycles. The van der Waals surface area contributed by atoms with Gasteiger partial charge < -0.3 is 19.9 Å². The first-order valence-corrected chi connectivity index (χ1v) is 11.0. The van der Waals surface area contributed by atoms with E-state index in [0.717, 1.165) is 18.9 Å². The molecule has 0 radical (unpaired) electrons. The maximum Gasteiger partial charge on any atom is 0.296 e. The van der Waals surface area contributed by atoms with E-state index < -0.39 is 6.43 Å². The highest BCUT2D eigenvalue weighted by atomic mass is 19.3. The van der Waals surface area contributed by atoms with E-state index in [2.05, 4.69) is 29.0 Å². The molecule has 2 atom stereocenters. The molecule has 5 rings (SSSR count). The Labute approximate surface area is 185 Å². The summed E-state index contributed by atoms with van der Waals surface area (Å²) < 4.78 is 34.9. The van der Waals surface area contributed by atoms with Crippen molar-refractivity contribution in [3.8, 4) is 5.82 Å². The van der Waals surface area contributed by atoms with Gasteiger partial charge in [-0.1, -0.05) is 12.1 Å². The number of nitrogens with zero attached hydrogens (tertiary/aromatic N) is 6. The van der Waals surface area contributed by atoms with Gasteiger partial charge in [0.2, 0.25) is 5.95 Å². The number of rotatable bonds is 4. The highest BCUT2D eigenvalue weighted by Crippen LogP contribution is 2.30. The molecule has 170 valence electrons. The molecule has 1 aromatic carbocycles. The van der Waals surface area contributed by atoms with E-state index in [1.165, 1.54) is 4.57 Å². The first kappa shape index (κ1) is 21.0. The minimum absolute atomic E-state index is 0.287. The Kier molecular flexibility index (Phi) is 5.64. The number of para-hydroxylation sites is 2. The minimum atomic E-state index is -2.73. The summed E-state index contributed by atoms with van der Waals surface area (Å²) in [7, 11) is 0. The number of piperazine rings is 1. The number of fused-ring (bicyclic) bond motifs is 1. The van der Waals surface area contributed by atoms with Crippen LogP contribution in [0.2, 0.25) is 0 Å². The standard InChI is InChI=1S/C22H27F2N7O/c1-14-12-30(13-15(2)25-14)18-11-19(28-22(27-18)29-7-9-32-10-8-29)31-17-6-4-3-5-16(17)26-21(31)20(23)24/h3-6,11,14-15,20,25H,7-10,12-13H2,1-2H3/t14-,15+. The predicted molar refractivity (Wildman–Crippen MR) is 119 cm³/mol. The van der Waals surface area contributed by atoms with Crippen LogP contribution in [-0.2, 0) is 4.74 Å². The van der Waals surface area contributed by atoms with E-state index >= 15 is 0 Å². The number of hydrogen-bond acceptors (Lipinski definition) is 7. The molecule has 4 heterocycles. The van der Waals surface area contributed by atoms with Crippen molar-refractivity contribution < 1.29 is 13.5 Å². The van der Waals surface area contributed by atoms with E-state index in [4.69, 9.17) is 14.7 Å². The summed E-state index contributed by atoms with van der Waals surface area (Å²) in [5.41, 5.74) is 1.11. The van der Waals surface area contributed by atoms with Crippen LogP contribution in [0.15, 0.2) is 30.3 Å². The number of nitrogens with one attached hydrogen (secondary N) is 1. The number of halogens is 2. The highest BCUT2D eigenvalue weighted by molar-refractivity contribution is 5.78. The second-order valence-electron chi connectivity index (χ2n) is 8.45. The van der Waals surface area contributed by atoms with Crippen LogP contribution in [0.4, 0.5) is 20.5 Å². The normalized spacial score (nSPS) is 22.2. The van der Waals surface area contributed by atoms with Crippen molar-refractivity contribution in [2.24, 2.45) is 0 Å². The first-order chi connectivity index (χ1) is 15.5. The molecule has 32 heavy (non-hydrogen) atoms. The summed E-state index contributed by atoms with van der Waals surface area (Å²) in [5.74, 6) is 1.34. The van der Waals surface area contributed by atoms with Crippen LogP contribution in [0.3, 0.4) is 0 Å². The second kappa shape index (κ2) is 8.59. The smallest absolute Gasteiger partial charge is 0.296 e. The third kappa shape index (κ3) is 4.00. The third-order valence-electron chi connectivity index (χ3n) is 5.87. The van der Waals surface area contributed by atoms with Gasteiger partial charge in [-0.25, -0.2) is 13.8 Å². The molecule has 2 fully saturated rings. The number of morpholine rings is 1. The van der Waals surface area contributed by atoms with Crippen molar-refractivity contribution in [3.05, 3.63) is 36.2 Å². The second-order valence-corrected chi connectivity index (χ2v) is 8.45. The SMILES string of the molecule is C[C@@H]1CN(c2cc(-n3c(C(F)F)nc4ccccc43)nc(N3CCOCC3)n2)C[C@H](C)N1. The molecule has 2 aliphatic heterocycles. The first-order valence-electron chi connectivity index (χ1n) is 11.0. The van der Waals surface area contributed by atoms with Crippen molar-refractivity contribution in [1.82, 2.24) is 24.8 Å². The number of anilines is 2. The van der Waals surface area contributed by atoms with E-state index in [9.17, 15) is 8.78 Å². The summed E-state index contributed by atoms with van der Waals surface area (Å²) in [6, 6.07) is 9.52. The quantitative estimate of drug-likeness (QED) is 0.665. The van der Waals surface area contributed by atoms with Crippen molar-refractivity contribution >= 4 is 22.8 Å². The molecule has 0 aliphatic carbocycles. The lowest BCUT2D eigenvalue weighted by molar-refractivity contribution is 0.122. The van der Waals surface area contributed by atoms with Gasteiger partial charge >= 0.3 is 0 Å². The van der Waals surface area contributed by atoms with Gasteiger partial charge in [0.1, 0.15) is 11.6 Å². The molecule has 0 bridgehead atoms. The maximum atomic E-state index is 14.0. The zero-order valence-corrected chi connectivity index (χ0v) is 18.2. The number of benzene rings is 1. The summed E-state index contributed by atoms with van der Waals surface area (Å²) >= 11 is 0. The van der Waals surface area contributed by atoms with Crippen LogP contribution in [0.5, 0.6) is 0 Å². The number of imidazole rings is 1. The van der Waals surface area contributed by atoms with Gasteiger partial charge in [-0.05, 0) is 26.0 Å². The monoisotopic (exact) mass is 443 g/mol. The molecule has 0 unspecified atom stereocenters. The van der Waals surface area contributed by atoms with Crippen molar-refractivity contribution in [2.75, 3.05) is 49.2 Å². The van der Waals surface area contributed by atoms with E-state index in [-0.39, 0.29) is 17.9 Å². The van der Waals surface area contributed by atoms with Crippen molar-refractivity contribution in [2.45, 2.75) is 32.4 Å². The van der Waals surface area contributed by atoms with Crippen molar-refractivity contribution in [3.63, 3.8) is 0 Å². The summed E-state index contributed by atoms with van der Waals surface area (Å²) in [6.07, 6.45) is -2.73. The van der Waals surface area contributed by atoms with Gasteiger partial charge in [-0.15, -0.1) is 0 Å². The average Bonchev–Trinajstić information content (AvgIpc) is 3.19. The third-order valence-corrected chi connectivity index (χ3v) is 5.87. The van der Waals surface area contributed by atoms with Gasteiger partial charge in [0.05, 0.1) is 24.2 Å². The molecule has 1 N–H and O–H groups in total. The molecule has 2 saturated heterocycles. The Morgan fingerprint density at radius 2 is 1.66 bits per heavy atom. The van der Waals surface area contributed by atoms with Crippen LogP contribution < -0.4 is 15.1 Å². The fourth-order valence-corrected chi connectivity index (χ4v) is 4.54. The van der Waals surface area contributed by atoms with Crippen molar-refractivity contribution in [1.29, 1.82) is 0 Å². The fraction of sp³-hybridized carbons (Fsp3) is 0.500. The van der Waals surface area contributed by atoms with Crippen LogP contribution in [-0.4, -0.2) is 71.0 Å². The number of ether oxygens (including phenoxy) is 1. The van der Waals surface area contributed by atoms with Gasteiger partial charge in [0, 0.05) is 44.3 Å². The number of hydrogen-bond donors (Lipinski definition) is 1. The highest BCUT2D eigenvalue weighted by Gasteiger charge is 2.27. The fourth-order valence-electron chi connectivity index (χ4n) is 4.54. The molecule has 8 nitrogen and oxygen atoms in total. The Morgan fingerprint density at radius 1 is 0.969 bits per heavy atom. The zero-order chi connectivity index (χ0) is 22.2. The van der Waals surface area contributed by atoms with E-state index in [0.29, 0.717) is 49.1 Å². The molecular formula is C22H27F2N7O. The molecular weight excluding hydrogens is 416 g/mol. The van der Waals surface area contributed by atoms with Crippen LogP contribution in [0, 0.1) is 0 Å². The lowest BCUT2D eigenvalue weighted by atomic mass is 10.1. The van der Waals surface area contributed by atoms with E-state index in [1.54, 1.807) is 24.3 Å². The van der Waals surface area contributed by atoms with E-state index in [1.807, 2.05) is 11.0 Å². The Morgan fingerprint density at radius 3 is 2.38 bits per heavy atom. The molecule has 0 spiro atoms. The van der Waals surface area contributed by atoms with Gasteiger partial charge in [0.15, 0.2) is 5.82 Å². The zero-order valence-electron chi connectivity index (χ0n) is 18.2. The predicted octanol–water partition coefficient (Wildman–Crippen LogP) is 2.78. The van der Waals surface area contributed by atoms with Crippen LogP contribution >= 0.6 is 0 Å². The lowest BCUT2D eigenvalue weighted by Crippen LogP contribution is -2.54. The lowest BCUT2D eigenvalue weighted by Gasteiger charge is -2.37. The molecule has 2 aliphatic rings. The number of alkyl halides is 2. The Hall–Kier alpha value is -2.85. The number of aromatic nitrogens is 4. The Bertz CT molecular complexity index is 1090. The summed E-state index contributed by atoms with van der Waals surface area (Å²) in [6.45, 7) is 8.29.